The molecule has 0 radical (unpaired) electrons. The first-order valence-electron chi connectivity index (χ1n) is 12.7. The summed E-state index contributed by atoms with van der Waals surface area (Å²) in [5.74, 6) is -2.18. The minimum absolute atomic E-state index is 0.0388. The van der Waals surface area contributed by atoms with Gasteiger partial charge in [0.25, 0.3) is 0 Å². The van der Waals surface area contributed by atoms with E-state index in [2.05, 4.69) is 5.32 Å². The van der Waals surface area contributed by atoms with Crippen LogP contribution in [0.1, 0.15) is 24.0 Å². The third-order valence-electron chi connectivity index (χ3n) is 6.75. The van der Waals surface area contributed by atoms with Crippen LogP contribution in [0.3, 0.4) is 0 Å². The van der Waals surface area contributed by atoms with E-state index in [0.717, 1.165) is 11.1 Å². The van der Waals surface area contributed by atoms with E-state index in [9.17, 15) is 28.7 Å². The summed E-state index contributed by atoms with van der Waals surface area (Å²) in [6.07, 6.45) is -1.20. The number of carboxylic acid groups (broad SMARTS) is 1. The monoisotopic (exact) mass is 541 g/mol. The number of hydrazine groups is 1. The van der Waals surface area contributed by atoms with E-state index in [1.807, 2.05) is 30.3 Å². The minimum atomic E-state index is -1.09. The van der Waals surface area contributed by atoms with Gasteiger partial charge in [-0.2, -0.15) is 0 Å². The first kappa shape index (κ1) is 28.0. The van der Waals surface area contributed by atoms with Gasteiger partial charge >= 0.3 is 12.0 Å². The van der Waals surface area contributed by atoms with Gasteiger partial charge in [-0.15, -0.1) is 0 Å². The Hall–Kier alpha value is -4.03. The first-order valence-corrected chi connectivity index (χ1v) is 12.7. The van der Waals surface area contributed by atoms with Crippen molar-refractivity contribution in [2.24, 2.45) is 0 Å². The fraction of sp³-hybridized carbons (Fsp3) is 0.407. The van der Waals surface area contributed by atoms with E-state index in [4.69, 9.17) is 4.74 Å². The number of hydrogen-bond donors (Lipinski definition) is 2. The van der Waals surface area contributed by atoms with Crippen LogP contribution in [0.15, 0.2) is 54.6 Å². The average molecular weight is 542 g/mol. The van der Waals surface area contributed by atoms with Gasteiger partial charge in [-0.25, -0.2) is 19.2 Å². The number of ether oxygens (including phenoxy) is 1. The molecule has 11 nitrogen and oxygen atoms in total. The molecule has 2 aliphatic rings. The number of carboxylic acids is 1. The van der Waals surface area contributed by atoms with Crippen molar-refractivity contribution in [2.45, 2.75) is 38.2 Å². The summed E-state index contributed by atoms with van der Waals surface area (Å²) in [4.78, 5) is 54.0. The molecule has 2 aromatic carbocycles. The molecule has 2 atom stereocenters. The molecule has 208 valence electrons. The summed E-state index contributed by atoms with van der Waals surface area (Å²) >= 11 is 0. The lowest BCUT2D eigenvalue weighted by atomic mass is 10.0. The number of piperazine rings is 1. The Balaban J connectivity index is 1.48. The fourth-order valence-corrected chi connectivity index (χ4v) is 4.84. The lowest BCUT2D eigenvalue weighted by molar-refractivity contribution is -0.188. The number of hydrogen-bond acceptors (Lipinski definition) is 6. The number of fused-ring (bicyclic) bond motifs is 1. The van der Waals surface area contributed by atoms with Crippen molar-refractivity contribution in [3.8, 4) is 0 Å². The average Bonchev–Trinajstić information content (AvgIpc) is 2.91. The molecule has 4 amide bonds. The largest absolute Gasteiger partial charge is 0.481 e. The van der Waals surface area contributed by atoms with Crippen LogP contribution < -0.4 is 5.32 Å². The third kappa shape index (κ3) is 6.89. The number of urea groups is 1. The molecule has 0 bridgehead atoms. The number of rotatable bonds is 10. The van der Waals surface area contributed by atoms with Crippen molar-refractivity contribution < 1.29 is 33.4 Å². The first-order chi connectivity index (χ1) is 18.7. The van der Waals surface area contributed by atoms with Crippen molar-refractivity contribution in [3.63, 3.8) is 0 Å². The van der Waals surface area contributed by atoms with Gasteiger partial charge in [0.05, 0.1) is 26.3 Å². The molecule has 2 heterocycles. The van der Waals surface area contributed by atoms with E-state index < -0.39 is 24.2 Å². The molecule has 2 saturated heterocycles. The fourth-order valence-electron chi connectivity index (χ4n) is 4.84. The van der Waals surface area contributed by atoms with Gasteiger partial charge < -0.3 is 25.0 Å². The zero-order valence-corrected chi connectivity index (χ0v) is 21.7. The quantitative estimate of drug-likeness (QED) is 0.439. The molecule has 4 rings (SSSR count). The molecule has 2 fully saturated rings. The van der Waals surface area contributed by atoms with Crippen molar-refractivity contribution in [1.29, 1.82) is 0 Å². The molecule has 0 aromatic heterocycles. The second-order valence-corrected chi connectivity index (χ2v) is 9.50. The second kappa shape index (κ2) is 12.7. The number of likely N-dealkylation sites (N-methyl/N-ethyl adjacent to an activating group) is 1. The lowest BCUT2D eigenvalue weighted by Gasteiger charge is -2.54. The van der Waals surface area contributed by atoms with E-state index in [0.29, 0.717) is 0 Å². The van der Waals surface area contributed by atoms with Crippen LogP contribution >= 0.6 is 0 Å². The number of carbonyl (C=O) groups excluding carboxylic acids is 3. The van der Waals surface area contributed by atoms with Crippen molar-refractivity contribution in [2.75, 3.05) is 33.3 Å². The standard InChI is InChI=1S/C27H32FN5O6/c1-30-17-24(34)32-22(11-12-25(35)36)26(37)31(13-14-39-18-20-7-9-21(28)10-8-20)16-23(32)33(30)27(38)29-15-19-5-3-2-4-6-19/h2-10,22-23H,11-18H2,1H3,(H,29,38)(H,35,36)/t22-,23-/m0/s1. The van der Waals surface area contributed by atoms with Crippen LogP contribution in [0.25, 0.3) is 0 Å². The number of aliphatic carboxylic acids is 1. The SMILES string of the molecule is CN1CC(=O)N2[C@@H](CCC(=O)O)C(=O)N(CCOCc3ccc(F)cc3)C[C@@H]2N1C(=O)NCc1ccccc1. The minimum Gasteiger partial charge on any atom is -0.481 e. The Morgan fingerprint density at radius 1 is 1.08 bits per heavy atom. The predicted molar refractivity (Wildman–Crippen MR) is 137 cm³/mol. The molecule has 0 aliphatic carbocycles. The van der Waals surface area contributed by atoms with E-state index in [-0.39, 0.29) is 69.9 Å². The molecule has 2 N–H and O–H groups in total. The molecule has 0 unspecified atom stereocenters. The summed E-state index contributed by atoms with van der Waals surface area (Å²) in [7, 11) is 1.62. The highest BCUT2D eigenvalue weighted by molar-refractivity contribution is 5.91. The van der Waals surface area contributed by atoms with Crippen molar-refractivity contribution >= 4 is 23.8 Å². The lowest BCUT2D eigenvalue weighted by Crippen LogP contribution is -2.76. The number of halogens is 1. The Morgan fingerprint density at radius 3 is 2.49 bits per heavy atom. The Kier molecular flexibility index (Phi) is 9.10. The molecule has 2 aromatic rings. The Morgan fingerprint density at radius 2 is 1.79 bits per heavy atom. The number of nitrogens with zero attached hydrogens (tertiary/aromatic N) is 4. The van der Waals surface area contributed by atoms with Crippen molar-refractivity contribution in [1.82, 2.24) is 25.1 Å². The van der Waals surface area contributed by atoms with Crippen LogP contribution in [0.2, 0.25) is 0 Å². The number of amides is 4. The summed E-state index contributed by atoms with van der Waals surface area (Å²) in [6.45, 7) is 0.726. The van der Waals surface area contributed by atoms with Crippen LogP contribution in [0.5, 0.6) is 0 Å². The van der Waals surface area contributed by atoms with Gasteiger partial charge in [-0.1, -0.05) is 42.5 Å². The van der Waals surface area contributed by atoms with Gasteiger partial charge in [0.1, 0.15) is 18.0 Å². The van der Waals surface area contributed by atoms with Gasteiger partial charge in [-0.3, -0.25) is 14.4 Å². The normalized spacial score (nSPS) is 19.7. The summed E-state index contributed by atoms with van der Waals surface area (Å²) in [6, 6.07) is 13.8. The van der Waals surface area contributed by atoms with Gasteiger partial charge in [0, 0.05) is 26.6 Å². The molecule has 12 heteroatoms. The van der Waals surface area contributed by atoms with E-state index in [1.54, 1.807) is 19.2 Å². The van der Waals surface area contributed by atoms with Gasteiger partial charge in [0.15, 0.2) is 0 Å². The zero-order chi connectivity index (χ0) is 27.9. The van der Waals surface area contributed by atoms with Crippen LogP contribution in [-0.2, 0) is 32.3 Å². The summed E-state index contributed by atoms with van der Waals surface area (Å²) in [5.41, 5.74) is 1.67. The number of nitrogens with one attached hydrogen (secondary N) is 1. The second-order valence-electron chi connectivity index (χ2n) is 9.50. The molecule has 2 aliphatic heterocycles. The smallest absolute Gasteiger partial charge is 0.334 e. The van der Waals surface area contributed by atoms with Gasteiger partial charge in [-0.05, 0) is 29.7 Å². The highest BCUT2D eigenvalue weighted by Gasteiger charge is 2.50. The number of benzene rings is 2. The molecule has 0 saturated carbocycles. The Labute approximate surface area is 225 Å². The maximum Gasteiger partial charge on any atom is 0.334 e. The maximum absolute atomic E-state index is 13.4. The van der Waals surface area contributed by atoms with Crippen LogP contribution in [0, 0.1) is 5.82 Å². The molecule has 0 spiro atoms. The number of carbonyl (C=O) groups is 4. The molecular weight excluding hydrogens is 509 g/mol. The zero-order valence-electron chi connectivity index (χ0n) is 21.7. The van der Waals surface area contributed by atoms with E-state index in [1.165, 1.54) is 32.0 Å². The maximum atomic E-state index is 13.4. The highest BCUT2D eigenvalue weighted by atomic mass is 19.1. The predicted octanol–water partition coefficient (Wildman–Crippen LogP) is 1.64. The summed E-state index contributed by atoms with van der Waals surface area (Å²) in [5, 5.41) is 15.1. The Bertz CT molecular complexity index is 1180. The molecular formula is C27H32FN5O6. The third-order valence-corrected chi connectivity index (χ3v) is 6.75. The highest BCUT2D eigenvalue weighted by Crippen LogP contribution is 2.28. The summed E-state index contributed by atoms with van der Waals surface area (Å²) < 4.78 is 18.8. The van der Waals surface area contributed by atoms with Crippen molar-refractivity contribution in [3.05, 3.63) is 71.5 Å². The molecule has 39 heavy (non-hydrogen) atoms. The topological polar surface area (TPSA) is 123 Å². The van der Waals surface area contributed by atoms with Crippen LogP contribution in [-0.4, -0.2) is 94.2 Å². The van der Waals surface area contributed by atoms with Crippen LogP contribution in [0.4, 0.5) is 9.18 Å². The van der Waals surface area contributed by atoms with Gasteiger partial charge in [0.2, 0.25) is 11.8 Å². The van der Waals surface area contributed by atoms with E-state index >= 15 is 0 Å².